The topological polar surface area (TPSA) is 42.5 Å². The highest BCUT2D eigenvalue weighted by Crippen LogP contribution is 2.45. The second-order valence-electron chi connectivity index (χ2n) is 7.87. The van der Waals surface area contributed by atoms with Crippen LogP contribution in [0.4, 0.5) is 27.0 Å². The number of thiophene rings is 1. The molecule has 1 amide bonds. The van der Waals surface area contributed by atoms with Gasteiger partial charge < -0.3 is 4.90 Å². The van der Waals surface area contributed by atoms with E-state index in [9.17, 15) is 26.7 Å². The summed E-state index contributed by atoms with van der Waals surface area (Å²) in [5.41, 5.74) is 0.482. The molecular formula is C24H19F5N4OS. The van der Waals surface area contributed by atoms with Gasteiger partial charge in [-0.1, -0.05) is 24.3 Å². The lowest BCUT2D eigenvalue weighted by Crippen LogP contribution is -2.37. The van der Waals surface area contributed by atoms with E-state index in [4.69, 9.17) is 6.57 Å². The first-order valence-corrected chi connectivity index (χ1v) is 11.4. The Labute approximate surface area is 201 Å². The molecule has 0 spiro atoms. The lowest BCUT2D eigenvalue weighted by atomic mass is 9.84. The molecule has 0 unspecified atom stereocenters. The van der Waals surface area contributed by atoms with Gasteiger partial charge in [-0.3, -0.25) is 9.48 Å². The number of carbonyl (C=O) groups is 1. The van der Waals surface area contributed by atoms with Crippen LogP contribution in [0.1, 0.15) is 34.5 Å². The van der Waals surface area contributed by atoms with Crippen LogP contribution in [-0.2, 0) is 24.1 Å². The summed E-state index contributed by atoms with van der Waals surface area (Å²) in [6.07, 6.45) is -4.83. The first-order valence-electron chi connectivity index (χ1n) is 10.6. The lowest BCUT2D eigenvalue weighted by molar-refractivity contribution is -0.141. The van der Waals surface area contributed by atoms with Crippen LogP contribution >= 0.6 is 11.3 Å². The summed E-state index contributed by atoms with van der Waals surface area (Å²) in [7, 11) is 0. The third-order valence-electron chi connectivity index (χ3n) is 5.73. The number of alkyl halides is 5. The Bertz CT molecular complexity index is 1320. The molecule has 1 atom stereocenters. The zero-order chi connectivity index (χ0) is 25.3. The van der Waals surface area contributed by atoms with Gasteiger partial charge >= 0.3 is 6.18 Å². The molecule has 0 aliphatic carbocycles. The molecule has 1 aliphatic rings. The number of nitrogens with zero attached hydrogens (tertiary/aromatic N) is 4. The van der Waals surface area contributed by atoms with Crippen LogP contribution in [-0.4, -0.2) is 33.6 Å². The molecular weight excluding hydrogens is 487 g/mol. The van der Waals surface area contributed by atoms with Crippen molar-refractivity contribution in [3.05, 3.63) is 81.8 Å². The molecule has 4 rings (SSSR count). The lowest BCUT2D eigenvalue weighted by Gasteiger charge is -2.34. The molecule has 3 aromatic rings. The van der Waals surface area contributed by atoms with Crippen LogP contribution < -0.4 is 0 Å². The van der Waals surface area contributed by atoms with Gasteiger partial charge in [-0.05, 0) is 35.8 Å². The van der Waals surface area contributed by atoms with Crippen LogP contribution in [0.5, 0.6) is 0 Å². The number of amides is 1. The molecule has 0 saturated heterocycles. The van der Waals surface area contributed by atoms with E-state index < -0.39 is 30.1 Å². The number of carbonyl (C=O) groups excluding carboxylic acids is 1. The van der Waals surface area contributed by atoms with E-state index in [1.54, 1.807) is 37.3 Å². The zero-order valence-electron chi connectivity index (χ0n) is 18.4. The monoisotopic (exact) mass is 506 g/mol. The maximum atomic E-state index is 13.8. The van der Waals surface area contributed by atoms with Crippen LogP contribution in [0.15, 0.2) is 48.7 Å². The molecule has 0 saturated carbocycles. The van der Waals surface area contributed by atoms with Gasteiger partial charge in [0, 0.05) is 41.7 Å². The third-order valence-corrected chi connectivity index (χ3v) is 6.76. The smallest absolute Gasteiger partial charge is 0.333 e. The van der Waals surface area contributed by atoms with Crippen molar-refractivity contribution in [3.8, 4) is 11.1 Å². The number of hydrogen-bond donors (Lipinski definition) is 0. The first-order chi connectivity index (χ1) is 16.6. The van der Waals surface area contributed by atoms with Gasteiger partial charge in [0.25, 0.3) is 6.43 Å². The number of hydrogen-bond acceptors (Lipinski definition) is 3. The molecule has 5 nitrogen and oxygen atoms in total. The highest BCUT2D eigenvalue weighted by Gasteiger charge is 2.39. The number of allylic oxidation sites excluding steroid dienone is 1. The summed E-state index contributed by atoms with van der Waals surface area (Å²) in [5, 5.41) is 4.10. The number of rotatable bonds is 5. The molecule has 3 heterocycles. The Morgan fingerprint density at radius 2 is 2.03 bits per heavy atom. The van der Waals surface area contributed by atoms with E-state index >= 15 is 0 Å². The molecule has 0 radical (unpaired) electrons. The largest absolute Gasteiger partial charge is 0.435 e. The van der Waals surface area contributed by atoms with Gasteiger partial charge in [0.05, 0.1) is 13.1 Å². The quantitative estimate of drug-likeness (QED) is 0.225. The van der Waals surface area contributed by atoms with Crippen molar-refractivity contribution >= 4 is 22.2 Å². The summed E-state index contributed by atoms with van der Waals surface area (Å²) in [6, 6.07) is 8.26. The highest BCUT2D eigenvalue weighted by molar-refractivity contribution is 7.16. The van der Waals surface area contributed by atoms with Gasteiger partial charge in [-0.15, -0.1) is 0 Å². The summed E-state index contributed by atoms with van der Waals surface area (Å²) in [4.78, 5) is 18.2. The maximum Gasteiger partial charge on any atom is 0.435 e. The molecule has 182 valence electrons. The van der Waals surface area contributed by atoms with Crippen molar-refractivity contribution in [3.63, 3.8) is 0 Å². The standard InChI is InChI=1S/C24H19F5N4OS/c1-3-33-12-18(23(31-33)24(27,28)29)15-7-5-4-6-14(15)17-11-32(22(34)9-8-20(25)26)13-19-16(17)10-21(30-2)35-19/h4-10,12,17,20H,3,11,13H2,1H3/b9-8+/t17-/m0/s1. The number of benzene rings is 1. The average Bonchev–Trinajstić information content (AvgIpc) is 3.46. The van der Waals surface area contributed by atoms with Crippen LogP contribution in [0.3, 0.4) is 0 Å². The minimum Gasteiger partial charge on any atom is -0.333 e. The van der Waals surface area contributed by atoms with Crippen LogP contribution in [0, 0.1) is 6.57 Å². The van der Waals surface area contributed by atoms with E-state index in [0.717, 1.165) is 11.6 Å². The molecule has 0 fully saturated rings. The van der Waals surface area contributed by atoms with Crippen molar-refractivity contribution < 1.29 is 26.7 Å². The fraction of sp³-hybridized carbons (Fsp3) is 0.292. The average molecular weight is 507 g/mol. The van der Waals surface area contributed by atoms with Crippen molar-refractivity contribution in [2.45, 2.75) is 38.5 Å². The SMILES string of the molecule is [C-]#[N+]c1cc2c(s1)CN(C(=O)/C=C/C(F)F)C[C@H]2c1ccccc1-c1cn(CC)nc1C(F)(F)F. The molecule has 11 heteroatoms. The van der Waals surface area contributed by atoms with E-state index in [1.165, 1.54) is 27.1 Å². The van der Waals surface area contributed by atoms with Crippen molar-refractivity contribution in [2.24, 2.45) is 0 Å². The van der Waals surface area contributed by atoms with E-state index in [1.807, 2.05) is 0 Å². The Kier molecular flexibility index (Phi) is 6.76. The first kappa shape index (κ1) is 24.6. The Balaban J connectivity index is 1.85. The third kappa shape index (κ3) is 4.98. The normalized spacial score (nSPS) is 16.1. The predicted octanol–water partition coefficient (Wildman–Crippen LogP) is 6.50. The van der Waals surface area contributed by atoms with Gasteiger partial charge in [-0.2, -0.15) is 29.6 Å². The fourth-order valence-electron chi connectivity index (χ4n) is 4.19. The highest BCUT2D eigenvalue weighted by atomic mass is 32.1. The summed E-state index contributed by atoms with van der Waals surface area (Å²) < 4.78 is 67.9. The molecule has 1 aromatic carbocycles. The molecule has 35 heavy (non-hydrogen) atoms. The fourth-order valence-corrected chi connectivity index (χ4v) is 5.21. The summed E-state index contributed by atoms with van der Waals surface area (Å²) in [6.45, 7) is 9.49. The Morgan fingerprint density at radius 1 is 1.29 bits per heavy atom. The van der Waals surface area contributed by atoms with Gasteiger partial charge in [-0.25, -0.2) is 13.6 Å². The van der Waals surface area contributed by atoms with E-state index in [0.29, 0.717) is 27.1 Å². The van der Waals surface area contributed by atoms with Gasteiger partial charge in [0.1, 0.15) is 0 Å². The number of fused-ring (bicyclic) bond motifs is 1. The zero-order valence-corrected chi connectivity index (χ0v) is 19.2. The van der Waals surface area contributed by atoms with Crippen molar-refractivity contribution in [1.29, 1.82) is 0 Å². The predicted molar refractivity (Wildman–Crippen MR) is 121 cm³/mol. The van der Waals surface area contributed by atoms with E-state index in [-0.39, 0.29) is 25.2 Å². The maximum absolute atomic E-state index is 13.8. The molecule has 0 N–H and O–H groups in total. The number of halogens is 5. The number of aromatic nitrogens is 2. The molecule has 1 aliphatic heterocycles. The second-order valence-corrected chi connectivity index (χ2v) is 8.99. The summed E-state index contributed by atoms with van der Waals surface area (Å²) >= 11 is 1.18. The molecule has 0 bridgehead atoms. The van der Waals surface area contributed by atoms with Gasteiger partial charge in [0.2, 0.25) is 10.9 Å². The van der Waals surface area contributed by atoms with Gasteiger partial charge in [0.15, 0.2) is 5.69 Å². The van der Waals surface area contributed by atoms with Crippen LogP contribution in [0.25, 0.3) is 16.0 Å². The molecule has 2 aromatic heterocycles. The minimum atomic E-state index is -4.68. The second kappa shape index (κ2) is 9.62. The number of aryl methyl sites for hydroxylation is 1. The Morgan fingerprint density at radius 3 is 2.69 bits per heavy atom. The van der Waals surface area contributed by atoms with E-state index in [2.05, 4.69) is 9.94 Å². The van der Waals surface area contributed by atoms with Crippen molar-refractivity contribution in [2.75, 3.05) is 6.54 Å². The minimum absolute atomic E-state index is 0.0634. The summed E-state index contributed by atoms with van der Waals surface area (Å²) in [5.74, 6) is -1.19. The van der Waals surface area contributed by atoms with Crippen molar-refractivity contribution in [1.82, 2.24) is 14.7 Å². The van der Waals surface area contributed by atoms with Crippen LogP contribution in [0.2, 0.25) is 0 Å². The Hall–Kier alpha value is -3.52.